The number of allylic oxidation sites excluding steroid dienone is 1. The number of hydrogen-bond acceptors (Lipinski definition) is 4. The SMILES string of the molecule is CC(C)Oc1ncnc2[nH]cc(/C=C/C#N)c12. The molecule has 0 unspecified atom stereocenters. The third kappa shape index (κ3) is 2.26. The summed E-state index contributed by atoms with van der Waals surface area (Å²) >= 11 is 0. The first-order chi connectivity index (χ1) is 8.22. The van der Waals surface area contributed by atoms with Gasteiger partial charge < -0.3 is 9.72 Å². The van der Waals surface area contributed by atoms with Crippen molar-refractivity contribution < 1.29 is 4.74 Å². The van der Waals surface area contributed by atoms with Crippen LogP contribution in [0.2, 0.25) is 0 Å². The van der Waals surface area contributed by atoms with Crippen LogP contribution in [0.1, 0.15) is 19.4 Å². The van der Waals surface area contributed by atoms with Crippen molar-refractivity contribution in [3.05, 3.63) is 24.2 Å². The Bertz CT molecular complexity index is 592. The van der Waals surface area contributed by atoms with Gasteiger partial charge in [-0.15, -0.1) is 0 Å². The van der Waals surface area contributed by atoms with Crippen LogP contribution in [-0.4, -0.2) is 21.1 Å². The Hall–Kier alpha value is -2.35. The highest BCUT2D eigenvalue weighted by Crippen LogP contribution is 2.26. The van der Waals surface area contributed by atoms with E-state index >= 15 is 0 Å². The van der Waals surface area contributed by atoms with E-state index in [0.717, 1.165) is 10.9 Å². The minimum atomic E-state index is 0.0378. The van der Waals surface area contributed by atoms with Crippen LogP contribution in [0.25, 0.3) is 17.1 Å². The summed E-state index contributed by atoms with van der Waals surface area (Å²) in [6.45, 7) is 3.87. The molecule has 0 spiro atoms. The molecule has 0 fully saturated rings. The molecule has 0 bridgehead atoms. The van der Waals surface area contributed by atoms with Crippen LogP contribution in [-0.2, 0) is 0 Å². The van der Waals surface area contributed by atoms with Gasteiger partial charge in [0.15, 0.2) is 0 Å². The lowest BCUT2D eigenvalue weighted by Gasteiger charge is -2.09. The molecule has 86 valence electrons. The highest BCUT2D eigenvalue weighted by molar-refractivity contribution is 5.90. The number of fused-ring (bicyclic) bond motifs is 1. The maximum atomic E-state index is 8.54. The minimum Gasteiger partial charge on any atom is -0.474 e. The smallest absolute Gasteiger partial charge is 0.226 e. The normalized spacial score (nSPS) is 11.2. The van der Waals surface area contributed by atoms with Crippen molar-refractivity contribution in [1.29, 1.82) is 5.26 Å². The van der Waals surface area contributed by atoms with Crippen molar-refractivity contribution in [3.8, 4) is 11.9 Å². The van der Waals surface area contributed by atoms with Crippen LogP contribution < -0.4 is 4.74 Å². The first kappa shape index (κ1) is 11.1. The van der Waals surface area contributed by atoms with E-state index in [0.29, 0.717) is 11.5 Å². The molecule has 2 rings (SSSR count). The van der Waals surface area contributed by atoms with E-state index < -0.39 is 0 Å². The quantitative estimate of drug-likeness (QED) is 0.818. The molecule has 2 aromatic heterocycles. The molecule has 0 radical (unpaired) electrons. The molecular weight excluding hydrogens is 216 g/mol. The van der Waals surface area contributed by atoms with Crippen molar-refractivity contribution in [2.45, 2.75) is 20.0 Å². The average Bonchev–Trinajstić information content (AvgIpc) is 2.70. The molecule has 0 saturated carbocycles. The summed E-state index contributed by atoms with van der Waals surface area (Å²) in [6.07, 6.45) is 6.38. The fraction of sp³-hybridized carbons (Fsp3) is 0.250. The summed E-state index contributed by atoms with van der Waals surface area (Å²) in [5.74, 6) is 0.531. The summed E-state index contributed by atoms with van der Waals surface area (Å²) in [6, 6.07) is 1.95. The highest BCUT2D eigenvalue weighted by Gasteiger charge is 2.11. The lowest BCUT2D eigenvalue weighted by Crippen LogP contribution is -2.07. The monoisotopic (exact) mass is 228 g/mol. The van der Waals surface area contributed by atoms with Gasteiger partial charge in [0.1, 0.15) is 12.0 Å². The van der Waals surface area contributed by atoms with E-state index in [1.807, 2.05) is 19.9 Å². The van der Waals surface area contributed by atoms with Gasteiger partial charge in [0, 0.05) is 17.8 Å². The fourth-order valence-electron chi connectivity index (χ4n) is 1.53. The van der Waals surface area contributed by atoms with Crippen molar-refractivity contribution in [2.75, 3.05) is 0 Å². The first-order valence-corrected chi connectivity index (χ1v) is 5.27. The molecule has 5 nitrogen and oxygen atoms in total. The van der Waals surface area contributed by atoms with Crippen LogP contribution in [0.3, 0.4) is 0 Å². The molecule has 1 N–H and O–H groups in total. The van der Waals surface area contributed by atoms with Gasteiger partial charge in [-0.25, -0.2) is 9.97 Å². The molecule has 0 atom stereocenters. The van der Waals surface area contributed by atoms with Gasteiger partial charge >= 0.3 is 0 Å². The molecule has 2 heterocycles. The molecule has 0 aromatic carbocycles. The van der Waals surface area contributed by atoms with E-state index in [4.69, 9.17) is 10.00 Å². The largest absolute Gasteiger partial charge is 0.474 e. The first-order valence-electron chi connectivity index (χ1n) is 5.27. The second-order valence-corrected chi connectivity index (χ2v) is 3.78. The predicted molar refractivity (Wildman–Crippen MR) is 64.3 cm³/mol. The summed E-state index contributed by atoms with van der Waals surface area (Å²) in [5, 5.41) is 9.34. The summed E-state index contributed by atoms with van der Waals surface area (Å²) < 4.78 is 5.62. The van der Waals surface area contributed by atoms with Gasteiger partial charge in [0.25, 0.3) is 0 Å². The molecule has 0 aliphatic rings. The second kappa shape index (κ2) is 4.66. The number of aromatic nitrogens is 3. The molecule has 17 heavy (non-hydrogen) atoms. The molecule has 0 aliphatic carbocycles. The minimum absolute atomic E-state index is 0.0378. The lowest BCUT2D eigenvalue weighted by molar-refractivity contribution is 0.235. The van der Waals surface area contributed by atoms with Gasteiger partial charge in [-0.3, -0.25) is 0 Å². The molecule has 0 saturated heterocycles. The highest BCUT2D eigenvalue weighted by atomic mass is 16.5. The van der Waals surface area contributed by atoms with Crippen molar-refractivity contribution in [3.63, 3.8) is 0 Å². The van der Waals surface area contributed by atoms with E-state index in [1.165, 1.54) is 12.4 Å². The number of hydrogen-bond donors (Lipinski definition) is 1. The Kier molecular flexibility index (Phi) is 3.06. The molecule has 5 heteroatoms. The zero-order valence-electron chi connectivity index (χ0n) is 9.64. The maximum Gasteiger partial charge on any atom is 0.226 e. The molecule has 0 aliphatic heterocycles. The second-order valence-electron chi connectivity index (χ2n) is 3.78. The van der Waals surface area contributed by atoms with Crippen LogP contribution in [0, 0.1) is 11.3 Å². The van der Waals surface area contributed by atoms with Gasteiger partial charge in [-0.1, -0.05) is 0 Å². The van der Waals surface area contributed by atoms with E-state index in [-0.39, 0.29) is 6.10 Å². The third-order valence-corrected chi connectivity index (χ3v) is 2.15. The number of nitrogens with zero attached hydrogens (tertiary/aromatic N) is 3. The zero-order chi connectivity index (χ0) is 12.3. The number of nitriles is 1. The Labute approximate surface area is 98.8 Å². The standard InChI is InChI=1S/C12H12N4O/c1-8(2)17-12-10-9(4-3-5-13)6-14-11(10)15-7-16-12/h3-4,6-8H,1-2H3,(H,14,15,16)/b4-3+. The lowest BCUT2D eigenvalue weighted by atomic mass is 10.2. The fourth-order valence-corrected chi connectivity index (χ4v) is 1.53. The van der Waals surface area contributed by atoms with Crippen LogP contribution in [0.4, 0.5) is 0 Å². The van der Waals surface area contributed by atoms with Crippen molar-refractivity contribution in [2.24, 2.45) is 0 Å². The van der Waals surface area contributed by atoms with Crippen molar-refractivity contribution in [1.82, 2.24) is 15.0 Å². The Morgan fingerprint density at radius 3 is 3.00 bits per heavy atom. The molecule has 2 aromatic rings. The Balaban J connectivity index is 2.56. The zero-order valence-corrected chi connectivity index (χ0v) is 9.64. The topological polar surface area (TPSA) is 74.6 Å². The van der Waals surface area contributed by atoms with Crippen LogP contribution >= 0.6 is 0 Å². The van der Waals surface area contributed by atoms with Crippen LogP contribution in [0.5, 0.6) is 5.88 Å². The van der Waals surface area contributed by atoms with E-state index in [2.05, 4.69) is 15.0 Å². The summed E-state index contributed by atoms with van der Waals surface area (Å²) in [4.78, 5) is 11.3. The Morgan fingerprint density at radius 1 is 1.47 bits per heavy atom. The summed E-state index contributed by atoms with van der Waals surface area (Å²) in [7, 11) is 0. The average molecular weight is 228 g/mol. The molecule has 0 amide bonds. The Morgan fingerprint density at radius 2 is 2.29 bits per heavy atom. The summed E-state index contributed by atoms with van der Waals surface area (Å²) in [5.41, 5.74) is 1.55. The van der Waals surface area contributed by atoms with Gasteiger partial charge in [0.05, 0.1) is 17.6 Å². The predicted octanol–water partition coefficient (Wildman–Crippen LogP) is 2.28. The van der Waals surface area contributed by atoms with Crippen molar-refractivity contribution >= 4 is 17.1 Å². The van der Waals surface area contributed by atoms with Crippen LogP contribution in [0.15, 0.2) is 18.6 Å². The third-order valence-electron chi connectivity index (χ3n) is 2.15. The maximum absolute atomic E-state index is 8.54. The van der Waals surface area contributed by atoms with E-state index in [1.54, 1.807) is 12.3 Å². The number of aromatic amines is 1. The molecular formula is C12H12N4O. The van der Waals surface area contributed by atoms with Gasteiger partial charge in [-0.05, 0) is 19.9 Å². The van der Waals surface area contributed by atoms with Gasteiger partial charge in [0.2, 0.25) is 5.88 Å². The van der Waals surface area contributed by atoms with Gasteiger partial charge in [-0.2, -0.15) is 5.26 Å². The number of ether oxygens (including phenoxy) is 1. The number of nitrogens with one attached hydrogen (secondary N) is 1. The number of rotatable bonds is 3. The number of H-pyrrole nitrogens is 1. The van der Waals surface area contributed by atoms with E-state index in [9.17, 15) is 0 Å².